The molecule has 2 unspecified atom stereocenters. The van der Waals surface area contributed by atoms with E-state index in [-0.39, 0.29) is 6.54 Å². The Morgan fingerprint density at radius 2 is 2.07 bits per heavy atom. The van der Waals surface area contributed by atoms with Crippen molar-refractivity contribution in [2.24, 2.45) is 5.92 Å². The van der Waals surface area contributed by atoms with E-state index < -0.39 is 11.6 Å². The van der Waals surface area contributed by atoms with Crippen LogP contribution in [-0.4, -0.2) is 36.4 Å². The molecule has 15 heavy (non-hydrogen) atoms. The number of ether oxygens (including phenoxy) is 1. The van der Waals surface area contributed by atoms with Crippen molar-refractivity contribution in [3.63, 3.8) is 0 Å². The number of esters is 1. The molecule has 2 atom stereocenters. The quantitative estimate of drug-likeness (QED) is 0.650. The van der Waals surface area contributed by atoms with Crippen LogP contribution in [0.25, 0.3) is 0 Å². The highest BCUT2D eigenvalue weighted by Crippen LogP contribution is 2.09. The van der Waals surface area contributed by atoms with Gasteiger partial charge in [-0.2, -0.15) is 0 Å². The van der Waals surface area contributed by atoms with E-state index in [9.17, 15) is 9.90 Å². The summed E-state index contributed by atoms with van der Waals surface area (Å²) in [5.74, 6) is -0.128. The van der Waals surface area contributed by atoms with E-state index >= 15 is 0 Å². The van der Waals surface area contributed by atoms with Crippen molar-refractivity contribution in [1.82, 2.24) is 5.32 Å². The van der Waals surface area contributed by atoms with E-state index in [1.54, 1.807) is 0 Å². The molecule has 90 valence electrons. The predicted molar refractivity (Wildman–Crippen MR) is 59.6 cm³/mol. The van der Waals surface area contributed by atoms with Crippen LogP contribution in [0.1, 0.15) is 34.1 Å². The molecule has 0 saturated carbocycles. The van der Waals surface area contributed by atoms with Crippen molar-refractivity contribution >= 4 is 5.97 Å². The van der Waals surface area contributed by atoms with Gasteiger partial charge in [0.2, 0.25) is 0 Å². The highest BCUT2D eigenvalue weighted by molar-refractivity contribution is 5.78. The van der Waals surface area contributed by atoms with Crippen LogP contribution < -0.4 is 5.32 Å². The average Bonchev–Trinajstić information content (AvgIpc) is 2.16. The molecule has 0 aliphatic rings. The van der Waals surface area contributed by atoms with Crippen molar-refractivity contribution in [2.45, 2.75) is 45.8 Å². The Labute approximate surface area is 92.0 Å². The standard InChI is InChI=1S/C11H23NO3/c1-6-9(8(2)3)12-7-11(4,14)10(13)15-5/h8-9,12,14H,6-7H2,1-5H3. The second kappa shape index (κ2) is 6.08. The van der Waals surface area contributed by atoms with Gasteiger partial charge in [0.25, 0.3) is 0 Å². The van der Waals surface area contributed by atoms with Crippen molar-refractivity contribution < 1.29 is 14.6 Å². The molecular formula is C11H23NO3. The van der Waals surface area contributed by atoms with Gasteiger partial charge >= 0.3 is 5.97 Å². The van der Waals surface area contributed by atoms with E-state index in [2.05, 4.69) is 30.8 Å². The van der Waals surface area contributed by atoms with Gasteiger partial charge in [-0.05, 0) is 19.3 Å². The van der Waals surface area contributed by atoms with Gasteiger partial charge in [-0.1, -0.05) is 20.8 Å². The van der Waals surface area contributed by atoms with Crippen LogP contribution in [0.5, 0.6) is 0 Å². The molecule has 0 heterocycles. The molecule has 0 aromatic carbocycles. The summed E-state index contributed by atoms with van der Waals surface area (Å²) >= 11 is 0. The van der Waals surface area contributed by atoms with Gasteiger partial charge in [0.15, 0.2) is 5.60 Å². The molecule has 0 aliphatic heterocycles. The van der Waals surface area contributed by atoms with Crippen LogP contribution in [-0.2, 0) is 9.53 Å². The zero-order chi connectivity index (χ0) is 12.1. The third kappa shape index (κ3) is 4.62. The largest absolute Gasteiger partial charge is 0.467 e. The summed E-state index contributed by atoms with van der Waals surface area (Å²) in [5.41, 5.74) is -1.45. The van der Waals surface area contributed by atoms with Crippen molar-refractivity contribution in [3.8, 4) is 0 Å². The molecule has 0 amide bonds. The molecular weight excluding hydrogens is 194 g/mol. The second-order valence-electron chi connectivity index (χ2n) is 4.41. The minimum atomic E-state index is -1.45. The lowest BCUT2D eigenvalue weighted by Crippen LogP contribution is -2.49. The summed E-state index contributed by atoms with van der Waals surface area (Å²) in [6.45, 7) is 7.96. The topological polar surface area (TPSA) is 58.6 Å². The molecule has 0 aromatic heterocycles. The van der Waals surface area contributed by atoms with E-state index in [1.165, 1.54) is 14.0 Å². The monoisotopic (exact) mass is 217 g/mol. The number of hydrogen-bond acceptors (Lipinski definition) is 4. The van der Waals surface area contributed by atoms with Crippen molar-refractivity contribution in [3.05, 3.63) is 0 Å². The van der Waals surface area contributed by atoms with Gasteiger partial charge in [0, 0.05) is 12.6 Å². The molecule has 0 aromatic rings. The first-order valence-corrected chi connectivity index (χ1v) is 5.39. The molecule has 0 rings (SSSR count). The molecule has 0 bridgehead atoms. The Bertz CT molecular complexity index is 202. The van der Waals surface area contributed by atoms with E-state index in [0.717, 1.165) is 6.42 Å². The van der Waals surface area contributed by atoms with Crippen LogP contribution >= 0.6 is 0 Å². The lowest BCUT2D eigenvalue weighted by Gasteiger charge is -2.26. The summed E-state index contributed by atoms with van der Waals surface area (Å²) in [6.07, 6.45) is 0.967. The van der Waals surface area contributed by atoms with Crippen LogP contribution in [0.15, 0.2) is 0 Å². The van der Waals surface area contributed by atoms with Crippen LogP contribution in [0.3, 0.4) is 0 Å². The summed E-state index contributed by atoms with van der Waals surface area (Å²) in [5, 5.41) is 12.9. The van der Waals surface area contributed by atoms with E-state index in [0.29, 0.717) is 12.0 Å². The Morgan fingerprint density at radius 3 is 2.40 bits per heavy atom. The highest BCUT2D eigenvalue weighted by atomic mass is 16.5. The fraction of sp³-hybridized carbons (Fsp3) is 0.909. The zero-order valence-electron chi connectivity index (χ0n) is 10.3. The number of rotatable bonds is 6. The Hall–Kier alpha value is -0.610. The Balaban J connectivity index is 4.18. The molecule has 4 nitrogen and oxygen atoms in total. The molecule has 2 N–H and O–H groups in total. The summed E-state index contributed by atoms with van der Waals surface area (Å²) in [4.78, 5) is 11.2. The number of hydrogen-bond donors (Lipinski definition) is 2. The third-order valence-electron chi connectivity index (χ3n) is 2.58. The van der Waals surface area contributed by atoms with Gasteiger partial charge in [0.1, 0.15) is 0 Å². The first-order valence-electron chi connectivity index (χ1n) is 5.39. The maximum absolute atomic E-state index is 11.2. The van der Waals surface area contributed by atoms with Crippen LogP contribution in [0, 0.1) is 5.92 Å². The van der Waals surface area contributed by atoms with Gasteiger partial charge in [-0.15, -0.1) is 0 Å². The Morgan fingerprint density at radius 1 is 1.53 bits per heavy atom. The number of carbonyl (C=O) groups excluding carboxylic acids is 1. The number of nitrogens with one attached hydrogen (secondary N) is 1. The number of carbonyl (C=O) groups is 1. The second-order valence-corrected chi connectivity index (χ2v) is 4.41. The molecule has 4 heteroatoms. The summed E-state index contributed by atoms with van der Waals surface area (Å²) < 4.78 is 4.51. The van der Waals surface area contributed by atoms with E-state index in [4.69, 9.17) is 0 Å². The molecule has 0 spiro atoms. The molecule has 0 radical (unpaired) electrons. The number of methoxy groups -OCH3 is 1. The first kappa shape index (κ1) is 14.4. The van der Waals surface area contributed by atoms with Gasteiger partial charge < -0.3 is 15.2 Å². The minimum absolute atomic E-state index is 0.219. The highest BCUT2D eigenvalue weighted by Gasteiger charge is 2.31. The first-order chi connectivity index (χ1) is 6.85. The molecule has 0 fully saturated rings. The number of aliphatic hydroxyl groups is 1. The lowest BCUT2D eigenvalue weighted by molar-refractivity contribution is -0.160. The lowest BCUT2D eigenvalue weighted by atomic mass is 10.00. The van der Waals surface area contributed by atoms with E-state index in [1.807, 2.05) is 0 Å². The van der Waals surface area contributed by atoms with Gasteiger partial charge in [0.05, 0.1) is 7.11 Å². The van der Waals surface area contributed by atoms with Crippen LogP contribution in [0.2, 0.25) is 0 Å². The predicted octanol–water partition coefficient (Wildman–Crippen LogP) is 0.935. The zero-order valence-corrected chi connectivity index (χ0v) is 10.3. The van der Waals surface area contributed by atoms with Crippen LogP contribution in [0.4, 0.5) is 0 Å². The fourth-order valence-electron chi connectivity index (χ4n) is 1.47. The Kier molecular flexibility index (Phi) is 5.83. The average molecular weight is 217 g/mol. The van der Waals surface area contributed by atoms with Gasteiger partial charge in [-0.25, -0.2) is 4.79 Å². The van der Waals surface area contributed by atoms with Gasteiger partial charge in [-0.3, -0.25) is 0 Å². The maximum atomic E-state index is 11.2. The SMILES string of the molecule is CCC(NCC(C)(O)C(=O)OC)C(C)C. The van der Waals surface area contributed by atoms with Crippen molar-refractivity contribution in [1.29, 1.82) is 0 Å². The fourth-order valence-corrected chi connectivity index (χ4v) is 1.47. The summed E-state index contributed by atoms with van der Waals surface area (Å²) in [7, 11) is 1.27. The van der Waals surface area contributed by atoms with Crippen molar-refractivity contribution in [2.75, 3.05) is 13.7 Å². The maximum Gasteiger partial charge on any atom is 0.338 e. The summed E-state index contributed by atoms with van der Waals surface area (Å²) in [6, 6.07) is 0.307. The normalized spacial score (nSPS) is 17.3. The molecule has 0 saturated heterocycles. The smallest absolute Gasteiger partial charge is 0.338 e. The third-order valence-corrected chi connectivity index (χ3v) is 2.58. The minimum Gasteiger partial charge on any atom is -0.467 e. The molecule has 0 aliphatic carbocycles.